The first kappa shape index (κ1) is 26.9. The minimum atomic E-state index is -0.541. The molecule has 3 aromatic rings. The summed E-state index contributed by atoms with van der Waals surface area (Å²) in [5, 5.41) is 11.5. The van der Waals surface area contributed by atoms with E-state index in [0.29, 0.717) is 28.3 Å². The number of hydrogen-bond donors (Lipinski definition) is 1. The lowest BCUT2D eigenvalue weighted by Crippen LogP contribution is -2.36. The molecule has 3 aromatic carbocycles. The first-order chi connectivity index (χ1) is 18.4. The fourth-order valence-corrected chi connectivity index (χ4v) is 4.93. The molecular formula is C28H23N3O5S2. The zero-order valence-corrected chi connectivity index (χ0v) is 22.2. The number of amides is 3. The minimum Gasteiger partial charge on any atom is -0.493 e. The normalized spacial score (nSPS) is 13.9. The number of anilines is 1. The molecule has 0 saturated carbocycles. The molecule has 1 fully saturated rings. The van der Waals surface area contributed by atoms with E-state index in [1.165, 1.54) is 7.11 Å². The molecule has 0 spiro atoms. The van der Waals surface area contributed by atoms with Crippen molar-refractivity contribution < 1.29 is 23.9 Å². The van der Waals surface area contributed by atoms with Crippen LogP contribution in [0.5, 0.6) is 11.5 Å². The van der Waals surface area contributed by atoms with Crippen molar-refractivity contribution in [2.75, 3.05) is 25.2 Å². The van der Waals surface area contributed by atoms with Crippen molar-refractivity contribution in [2.24, 2.45) is 0 Å². The number of benzene rings is 3. The topological polar surface area (TPSA) is 109 Å². The number of imide groups is 1. The number of carbonyl (C=O) groups excluding carboxylic acids is 3. The van der Waals surface area contributed by atoms with Crippen LogP contribution in [0.3, 0.4) is 0 Å². The van der Waals surface area contributed by atoms with Gasteiger partial charge < -0.3 is 14.8 Å². The summed E-state index contributed by atoms with van der Waals surface area (Å²) in [6.07, 6.45) is 3.50. The number of hydrogen-bond acceptors (Lipinski definition) is 8. The second kappa shape index (κ2) is 12.4. The largest absolute Gasteiger partial charge is 0.493 e. The molecule has 1 N–H and O–H groups in total. The Bertz CT molecular complexity index is 1460. The van der Waals surface area contributed by atoms with Gasteiger partial charge in [0.25, 0.3) is 11.1 Å². The first-order valence-electron chi connectivity index (χ1n) is 11.4. The monoisotopic (exact) mass is 545 g/mol. The predicted molar refractivity (Wildman–Crippen MR) is 148 cm³/mol. The first-order valence-corrected chi connectivity index (χ1v) is 13.4. The molecule has 8 nitrogen and oxygen atoms in total. The molecule has 0 atom stereocenters. The number of thioether (sulfide) groups is 2. The Kier molecular flexibility index (Phi) is 8.73. The second-order valence-corrected chi connectivity index (χ2v) is 9.89. The summed E-state index contributed by atoms with van der Waals surface area (Å²) in [6, 6.07) is 21.7. The second-order valence-electron chi connectivity index (χ2n) is 8.02. The highest BCUT2D eigenvalue weighted by Crippen LogP contribution is 2.35. The van der Waals surface area contributed by atoms with Crippen LogP contribution >= 0.6 is 23.5 Å². The summed E-state index contributed by atoms with van der Waals surface area (Å²) in [5.41, 5.74) is 2.49. The zero-order chi connectivity index (χ0) is 27.1. The van der Waals surface area contributed by atoms with Crippen molar-refractivity contribution in [3.8, 4) is 17.6 Å². The molecule has 0 radical (unpaired) electrons. The number of ether oxygens (including phenoxy) is 2. The third-order valence-corrected chi connectivity index (χ3v) is 7.17. The van der Waals surface area contributed by atoms with E-state index in [4.69, 9.17) is 9.47 Å². The van der Waals surface area contributed by atoms with Gasteiger partial charge in [0.1, 0.15) is 13.2 Å². The van der Waals surface area contributed by atoms with Gasteiger partial charge in [0.05, 0.1) is 23.6 Å². The highest BCUT2D eigenvalue weighted by molar-refractivity contribution is 8.18. The number of methoxy groups -OCH3 is 1. The maximum atomic E-state index is 12.9. The standard InChI is InChI=1S/C28H23N3O5S2/c1-35-24-12-18(10-11-23(24)36-17-20-7-4-3-6-19(20)15-29)13-25-27(33)31(28(34)38-25)16-26(32)30-21-8-5-9-22(14-21)37-2/h3-14H,16-17H2,1-2H3,(H,30,32)/b25-13-. The van der Waals surface area contributed by atoms with Gasteiger partial charge >= 0.3 is 0 Å². The van der Waals surface area contributed by atoms with E-state index < -0.39 is 17.1 Å². The molecule has 4 rings (SSSR count). The Labute approximate surface area is 228 Å². The number of nitrogens with one attached hydrogen (secondary N) is 1. The quantitative estimate of drug-likeness (QED) is 0.276. The SMILES string of the molecule is COc1cc(/C=C2\SC(=O)N(CC(=O)Nc3cccc(SC)c3)C2=O)ccc1OCc1ccccc1C#N. The number of nitrogens with zero attached hydrogens (tertiary/aromatic N) is 2. The average molecular weight is 546 g/mol. The van der Waals surface area contributed by atoms with Crippen LogP contribution in [0, 0.1) is 11.3 Å². The van der Waals surface area contributed by atoms with Crippen molar-refractivity contribution in [1.29, 1.82) is 5.26 Å². The van der Waals surface area contributed by atoms with E-state index in [1.807, 2.05) is 36.6 Å². The Balaban J connectivity index is 1.43. The van der Waals surface area contributed by atoms with Gasteiger partial charge in [-0.15, -0.1) is 11.8 Å². The fraction of sp³-hybridized carbons (Fsp3) is 0.143. The Morgan fingerprint density at radius 2 is 1.92 bits per heavy atom. The van der Waals surface area contributed by atoms with E-state index in [-0.39, 0.29) is 18.1 Å². The van der Waals surface area contributed by atoms with Crippen LogP contribution < -0.4 is 14.8 Å². The van der Waals surface area contributed by atoms with Gasteiger partial charge in [-0.25, -0.2) is 0 Å². The molecule has 0 aliphatic carbocycles. The molecule has 0 bridgehead atoms. The number of carbonyl (C=O) groups is 3. The summed E-state index contributed by atoms with van der Waals surface area (Å²) >= 11 is 2.31. The molecule has 3 amide bonds. The van der Waals surface area contributed by atoms with Crippen LogP contribution in [-0.4, -0.2) is 41.9 Å². The predicted octanol–water partition coefficient (Wildman–Crippen LogP) is 5.54. The maximum Gasteiger partial charge on any atom is 0.294 e. The lowest BCUT2D eigenvalue weighted by Gasteiger charge is -2.13. The highest BCUT2D eigenvalue weighted by Gasteiger charge is 2.36. The lowest BCUT2D eigenvalue weighted by molar-refractivity contribution is -0.127. The Hall–Kier alpha value is -4.20. The molecule has 1 aliphatic rings. The molecule has 0 unspecified atom stereocenters. The maximum absolute atomic E-state index is 12.9. The molecule has 0 aromatic heterocycles. The average Bonchev–Trinajstić information content (AvgIpc) is 3.19. The summed E-state index contributed by atoms with van der Waals surface area (Å²) in [5.74, 6) is -0.111. The zero-order valence-electron chi connectivity index (χ0n) is 20.6. The van der Waals surface area contributed by atoms with Gasteiger partial charge in [-0.05, 0) is 66.1 Å². The summed E-state index contributed by atoms with van der Waals surface area (Å²) in [4.78, 5) is 40.0. The van der Waals surface area contributed by atoms with Crippen molar-refractivity contribution >= 4 is 52.3 Å². The highest BCUT2D eigenvalue weighted by atomic mass is 32.2. The van der Waals surface area contributed by atoms with Crippen LogP contribution in [0.4, 0.5) is 10.5 Å². The number of rotatable bonds is 9. The van der Waals surface area contributed by atoms with E-state index in [2.05, 4.69) is 11.4 Å². The van der Waals surface area contributed by atoms with Gasteiger partial charge in [-0.1, -0.05) is 30.3 Å². The van der Waals surface area contributed by atoms with E-state index in [0.717, 1.165) is 27.1 Å². The third kappa shape index (κ3) is 6.37. The molecule has 1 heterocycles. The van der Waals surface area contributed by atoms with Crippen LogP contribution in [-0.2, 0) is 16.2 Å². The lowest BCUT2D eigenvalue weighted by atomic mass is 10.1. The van der Waals surface area contributed by atoms with Crippen LogP contribution in [0.15, 0.2) is 76.5 Å². The number of nitriles is 1. The third-order valence-electron chi connectivity index (χ3n) is 5.54. The van der Waals surface area contributed by atoms with Gasteiger partial charge in [-0.3, -0.25) is 19.3 Å². The molecule has 1 saturated heterocycles. The molecule has 10 heteroatoms. The van der Waals surface area contributed by atoms with Gasteiger partial charge in [0.15, 0.2) is 11.5 Å². The van der Waals surface area contributed by atoms with Gasteiger partial charge in [-0.2, -0.15) is 5.26 Å². The van der Waals surface area contributed by atoms with Gasteiger partial charge in [0.2, 0.25) is 5.91 Å². The van der Waals surface area contributed by atoms with E-state index in [9.17, 15) is 19.6 Å². The smallest absolute Gasteiger partial charge is 0.294 e. The van der Waals surface area contributed by atoms with Crippen molar-refractivity contribution in [2.45, 2.75) is 11.5 Å². The van der Waals surface area contributed by atoms with E-state index >= 15 is 0 Å². The molecule has 192 valence electrons. The van der Waals surface area contributed by atoms with E-state index in [1.54, 1.807) is 54.2 Å². The van der Waals surface area contributed by atoms with Gasteiger partial charge in [0, 0.05) is 16.1 Å². The summed E-state index contributed by atoms with van der Waals surface area (Å²) in [6.45, 7) is -0.201. The van der Waals surface area contributed by atoms with Crippen LogP contribution in [0.1, 0.15) is 16.7 Å². The summed E-state index contributed by atoms with van der Waals surface area (Å²) < 4.78 is 11.3. The molecular weight excluding hydrogens is 522 g/mol. The van der Waals surface area contributed by atoms with Crippen molar-refractivity contribution in [3.05, 3.63) is 88.3 Å². The Morgan fingerprint density at radius 1 is 1.11 bits per heavy atom. The van der Waals surface area contributed by atoms with Crippen LogP contribution in [0.25, 0.3) is 6.08 Å². The Morgan fingerprint density at radius 3 is 2.68 bits per heavy atom. The van der Waals surface area contributed by atoms with Crippen LogP contribution in [0.2, 0.25) is 0 Å². The summed E-state index contributed by atoms with van der Waals surface area (Å²) in [7, 11) is 1.50. The van der Waals surface area contributed by atoms with Crippen molar-refractivity contribution in [1.82, 2.24) is 4.90 Å². The molecule has 38 heavy (non-hydrogen) atoms. The fourth-order valence-electron chi connectivity index (χ4n) is 3.64. The van der Waals surface area contributed by atoms with Crippen molar-refractivity contribution in [3.63, 3.8) is 0 Å². The molecule has 1 aliphatic heterocycles. The minimum absolute atomic E-state index is 0.183.